The second kappa shape index (κ2) is 9.09. The molecule has 8 heteroatoms. The Hall–Kier alpha value is -3.55. The van der Waals surface area contributed by atoms with E-state index in [9.17, 15) is 14.4 Å². The van der Waals surface area contributed by atoms with Crippen LogP contribution in [0, 0.1) is 13.8 Å². The van der Waals surface area contributed by atoms with E-state index in [1.54, 1.807) is 24.3 Å². The van der Waals surface area contributed by atoms with Gasteiger partial charge >= 0.3 is 0 Å². The molecular formula is C21H23N3O5. The maximum absolute atomic E-state index is 12.3. The van der Waals surface area contributed by atoms with Crippen LogP contribution in [-0.4, -0.2) is 37.5 Å². The van der Waals surface area contributed by atoms with Crippen molar-refractivity contribution in [1.29, 1.82) is 0 Å². The van der Waals surface area contributed by atoms with Crippen LogP contribution in [0.2, 0.25) is 0 Å². The molecule has 8 nitrogen and oxygen atoms in total. The van der Waals surface area contributed by atoms with Crippen LogP contribution in [0.4, 0.5) is 5.69 Å². The molecule has 1 heterocycles. The van der Waals surface area contributed by atoms with Crippen molar-refractivity contribution < 1.29 is 23.9 Å². The van der Waals surface area contributed by atoms with E-state index in [4.69, 9.17) is 9.47 Å². The van der Waals surface area contributed by atoms with Crippen LogP contribution in [0.5, 0.6) is 11.5 Å². The van der Waals surface area contributed by atoms with Gasteiger partial charge in [0.05, 0.1) is 18.7 Å². The molecule has 0 saturated carbocycles. The molecule has 0 radical (unpaired) electrons. The summed E-state index contributed by atoms with van der Waals surface area (Å²) in [7, 11) is 0. The highest BCUT2D eigenvalue weighted by Gasteiger charge is 2.25. The topological polar surface area (TPSA) is 97.0 Å². The molecule has 29 heavy (non-hydrogen) atoms. The van der Waals surface area contributed by atoms with E-state index in [-0.39, 0.29) is 32.1 Å². The Morgan fingerprint density at radius 1 is 1.07 bits per heavy atom. The van der Waals surface area contributed by atoms with Crippen molar-refractivity contribution in [2.75, 3.05) is 24.7 Å². The monoisotopic (exact) mass is 397 g/mol. The number of carbonyl (C=O) groups is 3. The summed E-state index contributed by atoms with van der Waals surface area (Å²) in [5.74, 6) is -0.152. The van der Waals surface area contributed by atoms with Crippen LogP contribution in [0.3, 0.4) is 0 Å². The van der Waals surface area contributed by atoms with Gasteiger partial charge in [0.2, 0.25) is 5.91 Å². The maximum atomic E-state index is 12.3. The van der Waals surface area contributed by atoms with Gasteiger partial charge in [-0.05, 0) is 49.2 Å². The quantitative estimate of drug-likeness (QED) is 0.748. The van der Waals surface area contributed by atoms with E-state index in [0.29, 0.717) is 17.2 Å². The van der Waals surface area contributed by atoms with Gasteiger partial charge in [-0.1, -0.05) is 18.2 Å². The molecule has 2 aromatic carbocycles. The lowest BCUT2D eigenvalue weighted by Gasteiger charge is -2.21. The molecule has 0 fully saturated rings. The molecule has 0 atom stereocenters. The summed E-state index contributed by atoms with van der Waals surface area (Å²) in [5.41, 5.74) is 7.18. The lowest BCUT2D eigenvalue weighted by Crippen LogP contribution is -2.49. The smallest absolute Gasteiger partial charge is 0.276 e. The maximum Gasteiger partial charge on any atom is 0.276 e. The van der Waals surface area contributed by atoms with Crippen molar-refractivity contribution in [3.05, 3.63) is 53.6 Å². The number of fused-ring (bicyclic) bond motifs is 1. The summed E-state index contributed by atoms with van der Waals surface area (Å²) >= 11 is 0. The highest BCUT2D eigenvalue weighted by Crippen LogP contribution is 2.30. The molecule has 0 aliphatic carbocycles. The Morgan fingerprint density at radius 3 is 2.52 bits per heavy atom. The number of carbonyl (C=O) groups excluding carboxylic acids is 3. The van der Waals surface area contributed by atoms with Crippen LogP contribution < -0.4 is 25.2 Å². The Kier molecular flexibility index (Phi) is 6.33. The van der Waals surface area contributed by atoms with E-state index < -0.39 is 11.8 Å². The second-order valence-corrected chi connectivity index (χ2v) is 6.75. The predicted molar refractivity (Wildman–Crippen MR) is 107 cm³/mol. The number of hydrogen-bond acceptors (Lipinski definition) is 5. The van der Waals surface area contributed by atoms with Crippen LogP contribution in [0.1, 0.15) is 17.5 Å². The first-order valence-electron chi connectivity index (χ1n) is 9.23. The third kappa shape index (κ3) is 5.47. The average molecular weight is 397 g/mol. The van der Waals surface area contributed by atoms with Crippen molar-refractivity contribution in [1.82, 2.24) is 10.9 Å². The predicted octanol–water partition coefficient (Wildman–Crippen LogP) is 1.65. The van der Waals surface area contributed by atoms with Gasteiger partial charge in [-0.2, -0.15) is 0 Å². The third-order valence-electron chi connectivity index (χ3n) is 4.24. The molecule has 2 aromatic rings. The first kappa shape index (κ1) is 20.2. The normalized spacial score (nSPS) is 13.0. The zero-order chi connectivity index (χ0) is 20.8. The molecule has 0 saturated heterocycles. The van der Waals surface area contributed by atoms with Crippen molar-refractivity contribution >= 4 is 23.4 Å². The Morgan fingerprint density at radius 2 is 1.76 bits per heavy atom. The van der Waals surface area contributed by atoms with Crippen LogP contribution >= 0.6 is 0 Å². The molecule has 1 aliphatic rings. The van der Waals surface area contributed by atoms with Gasteiger partial charge in [0.15, 0.2) is 6.61 Å². The number of amides is 3. The number of benzene rings is 2. The third-order valence-corrected chi connectivity index (χ3v) is 4.24. The minimum atomic E-state index is -0.533. The van der Waals surface area contributed by atoms with E-state index in [1.165, 1.54) is 4.90 Å². The van der Waals surface area contributed by atoms with Gasteiger partial charge in [0.1, 0.15) is 18.0 Å². The SMILES string of the molecule is Cc1cc(C)cc(OCC(=O)NNC(=O)CN2C(=O)CCOc3ccccc32)c1. The average Bonchev–Trinajstić information content (AvgIpc) is 2.83. The van der Waals surface area contributed by atoms with Crippen LogP contribution in [0.15, 0.2) is 42.5 Å². The van der Waals surface area contributed by atoms with E-state index in [0.717, 1.165) is 11.1 Å². The number of hydrogen-bond donors (Lipinski definition) is 2. The highest BCUT2D eigenvalue weighted by atomic mass is 16.5. The number of anilines is 1. The summed E-state index contributed by atoms with van der Waals surface area (Å²) in [4.78, 5) is 37.9. The zero-order valence-electron chi connectivity index (χ0n) is 16.4. The number of nitrogens with one attached hydrogen (secondary N) is 2. The summed E-state index contributed by atoms with van der Waals surface area (Å²) in [6, 6.07) is 12.7. The van der Waals surface area contributed by atoms with Crippen molar-refractivity contribution in [3.63, 3.8) is 0 Å². The lowest BCUT2D eigenvalue weighted by molar-refractivity contribution is -0.129. The molecule has 2 N–H and O–H groups in total. The van der Waals surface area contributed by atoms with Gasteiger partial charge in [0, 0.05) is 0 Å². The van der Waals surface area contributed by atoms with Gasteiger partial charge in [-0.15, -0.1) is 0 Å². The van der Waals surface area contributed by atoms with Crippen molar-refractivity contribution in [2.45, 2.75) is 20.3 Å². The van der Waals surface area contributed by atoms with Crippen LogP contribution in [0.25, 0.3) is 0 Å². The summed E-state index contributed by atoms with van der Waals surface area (Å²) in [6.45, 7) is 3.64. The molecule has 3 amide bonds. The van der Waals surface area contributed by atoms with Crippen LogP contribution in [-0.2, 0) is 14.4 Å². The molecular weight excluding hydrogens is 374 g/mol. The van der Waals surface area contributed by atoms with E-state index in [2.05, 4.69) is 10.9 Å². The first-order chi connectivity index (χ1) is 13.9. The molecule has 0 unspecified atom stereocenters. The Labute approximate surface area is 168 Å². The Bertz CT molecular complexity index is 908. The number of para-hydroxylation sites is 2. The largest absolute Gasteiger partial charge is 0.491 e. The number of ether oxygens (including phenoxy) is 2. The number of rotatable bonds is 5. The highest BCUT2D eigenvalue weighted by molar-refractivity contribution is 6.00. The molecule has 0 aromatic heterocycles. The lowest BCUT2D eigenvalue weighted by atomic mass is 10.1. The number of hydrazine groups is 1. The first-order valence-corrected chi connectivity index (χ1v) is 9.23. The standard InChI is InChI=1S/C21H23N3O5/c1-14-9-15(2)11-16(10-14)29-13-20(26)23-22-19(25)12-24-17-5-3-4-6-18(17)28-8-7-21(24)27/h3-6,9-11H,7-8,12-13H2,1-2H3,(H,22,25)(H,23,26). The second-order valence-electron chi connectivity index (χ2n) is 6.75. The fourth-order valence-corrected chi connectivity index (χ4v) is 3.02. The van der Waals surface area contributed by atoms with Gasteiger partial charge in [-0.3, -0.25) is 30.1 Å². The zero-order valence-corrected chi connectivity index (χ0v) is 16.4. The molecule has 0 bridgehead atoms. The van der Waals surface area contributed by atoms with Gasteiger partial charge in [0.25, 0.3) is 11.8 Å². The van der Waals surface area contributed by atoms with E-state index >= 15 is 0 Å². The minimum Gasteiger partial charge on any atom is -0.491 e. The molecule has 152 valence electrons. The van der Waals surface area contributed by atoms with Crippen molar-refractivity contribution in [3.8, 4) is 11.5 Å². The fourth-order valence-electron chi connectivity index (χ4n) is 3.02. The van der Waals surface area contributed by atoms with Crippen molar-refractivity contribution in [2.24, 2.45) is 0 Å². The van der Waals surface area contributed by atoms with Gasteiger partial charge in [-0.25, -0.2) is 0 Å². The molecule has 0 spiro atoms. The summed E-state index contributed by atoms with van der Waals surface area (Å²) in [6.07, 6.45) is 0.165. The fraction of sp³-hybridized carbons (Fsp3) is 0.286. The summed E-state index contributed by atoms with van der Waals surface area (Å²) < 4.78 is 11.0. The minimum absolute atomic E-state index is 0.165. The molecule has 1 aliphatic heterocycles. The number of nitrogens with zero attached hydrogens (tertiary/aromatic N) is 1. The Balaban J connectivity index is 1.51. The van der Waals surface area contributed by atoms with E-state index in [1.807, 2.05) is 32.0 Å². The van der Waals surface area contributed by atoms with Gasteiger partial charge < -0.3 is 9.47 Å². The summed E-state index contributed by atoms with van der Waals surface area (Å²) in [5, 5.41) is 0. The molecule has 3 rings (SSSR count). The number of aryl methyl sites for hydroxylation is 2.